The third kappa shape index (κ3) is 5.54. The molecule has 1 aromatic rings. The lowest BCUT2D eigenvalue weighted by Crippen LogP contribution is -2.51. The lowest BCUT2D eigenvalue weighted by molar-refractivity contribution is 0.156. The number of phenolic OH excluding ortho intramolecular Hbond substituents is 1. The molecule has 0 heterocycles. The van der Waals surface area contributed by atoms with Gasteiger partial charge in [-0.1, -0.05) is 19.1 Å². The summed E-state index contributed by atoms with van der Waals surface area (Å²) in [6.45, 7) is 7.70. The molecule has 1 rings (SSSR count). The van der Waals surface area contributed by atoms with Crippen LogP contribution < -0.4 is 10.6 Å². The fourth-order valence-corrected chi connectivity index (χ4v) is 1.93. The molecule has 0 saturated carbocycles. The fraction of sp³-hybridized carbons (Fsp3) is 0.562. The summed E-state index contributed by atoms with van der Waals surface area (Å²) in [4.78, 5) is 14.0. The maximum atomic E-state index is 11.8. The third-order valence-corrected chi connectivity index (χ3v) is 3.92. The number of phenols is 1. The van der Waals surface area contributed by atoms with Gasteiger partial charge < -0.3 is 20.8 Å². The zero-order valence-corrected chi connectivity index (χ0v) is 13.8. The van der Waals surface area contributed by atoms with Crippen LogP contribution in [0.2, 0.25) is 0 Å². The number of hydrogen-bond acceptors (Lipinski definition) is 4. The van der Waals surface area contributed by atoms with E-state index in [0.717, 1.165) is 6.54 Å². The minimum absolute atomic E-state index is 0.112. The van der Waals surface area contributed by atoms with Crippen LogP contribution in [0, 0.1) is 0 Å². The van der Waals surface area contributed by atoms with Gasteiger partial charge in [-0.25, -0.2) is 4.79 Å². The minimum atomic E-state index is -0.808. The Kier molecular flexibility index (Phi) is 6.64. The number of rotatable bonds is 7. The molecule has 6 heteroatoms. The first kappa shape index (κ1) is 18.3. The second-order valence-electron chi connectivity index (χ2n) is 6.00. The highest BCUT2D eigenvalue weighted by molar-refractivity contribution is 5.73. The van der Waals surface area contributed by atoms with Crippen molar-refractivity contribution in [2.45, 2.75) is 32.4 Å². The summed E-state index contributed by atoms with van der Waals surface area (Å²) in [6, 6.07) is 5.94. The third-order valence-electron chi connectivity index (χ3n) is 3.92. The van der Waals surface area contributed by atoms with Crippen molar-refractivity contribution in [3.8, 4) is 5.75 Å². The number of aromatic hydroxyl groups is 1. The van der Waals surface area contributed by atoms with Crippen LogP contribution >= 0.6 is 0 Å². The Morgan fingerprint density at radius 2 is 1.86 bits per heavy atom. The molecule has 124 valence electrons. The van der Waals surface area contributed by atoms with Crippen LogP contribution in [-0.4, -0.2) is 53.4 Å². The van der Waals surface area contributed by atoms with Crippen molar-refractivity contribution in [2.75, 3.05) is 26.7 Å². The van der Waals surface area contributed by atoms with Crippen molar-refractivity contribution >= 4 is 6.03 Å². The molecule has 0 fully saturated rings. The van der Waals surface area contributed by atoms with Crippen molar-refractivity contribution in [3.63, 3.8) is 0 Å². The van der Waals surface area contributed by atoms with E-state index in [4.69, 9.17) is 0 Å². The van der Waals surface area contributed by atoms with E-state index in [1.54, 1.807) is 12.1 Å². The Morgan fingerprint density at radius 3 is 2.41 bits per heavy atom. The maximum Gasteiger partial charge on any atom is 0.314 e. The van der Waals surface area contributed by atoms with Gasteiger partial charge in [-0.2, -0.15) is 0 Å². The number of urea groups is 1. The van der Waals surface area contributed by atoms with Crippen LogP contribution in [0.3, 0.4) is 0 Å². The van der Waals surface area contributed by atoms with Crippen molar-refractivity contribution in [1.29, 1.82) is 0 Å². The highest BCUT2D eigenvalue weighted by Gasteiger charge is 2.22. The van der Waals surface area contributed by atoms with E-state index in [1.165, 1.54) is 12.1 Å². The molecule has 22 heavy (non-hydrogen) atoms. The highest BCUT2D eigenvalue weighted by atomic mass is 16.3. The Balaban J connectivity index is 2.38. The van der Waals surface area contributed by atoms with Gasteiger partial charge in [-0.05, 0) is 45.1 Å². The number of aliphatic hydroxyl groups excluding tert-OH is 1. The number of nitrogens with zero attached hydrogens (tertiary/aromatic N) is 1. The molecule has 2 amide bonds. The van der Waals surface area contributed by atoms with Crippen LogP contribution in [0.5, 0.6) is 5.75 Å². The number of aliphatic hydroxyl groups is 1. The van der Waals surface area contributed by atoms with E-state index in [2.05, 4.69) is 36.3 Å². The Labute approximate surface area is 132 Å². The average molecular weight is 309 g/mol. The summed E-state index contributed by atoms with van der Waals surface area (Å²) in [6.07, 6.45) is -0.808. The number of amides is 2. The van der Waals surface area contributed by atoms with Crippen molar-refractivity contribution in [3.05, 3.63) is 29.8 Å². The van der Waals surface area contributed by atoms with Gasteiger partial charge in [0.2, 0.25) is 0 Å². The second-order valence-corrected chi connectivity index (χ2v) is 6.00. The monoisotopic (exact) mass is 309 g/mol. The number of likely N-dealkylation sites (N-methyl/N-ethyl adjacent to an activating group) is 1. The lowest BCUT2D eigenvalue weighted by Gasteiger charge is -2.34. The zero-order chi connectivity index (χ0) is 16.8. The summed E-state index contributed by atoms with van der Waals surface area (Å²) in [7, 11) is 2.01. The smallest absolute Gasteiger partial charge is 0.314 e. The quantitative estimate of drug-likeness (QED) is 0.614. The molecule has 4 N–H and O–H groups in total. The number of benzene rings is 1. The van der Waals surface area contributed by atoms with Crippen LogP contribution in [-0.2, 0) is 0 Å². The van der Waals surface area contributed by atoms with Crippen LogP contribution in [0.25, 0.3) is 0 Å². The van der Waals surface area contributed by atoms with E-state index in [0.29, 0.717) is 12.1 Å². The van der Waals surface area contributed by atoms with Gasteiger partial charge in [0, 0.05) is 18.6 Å². The number of nitrogens with one attached hydrogen (secondary N) is 2. The Morgan fingerprint density at radius 1 is 1.27 bits per heavy atom. The van der Waals surface area contributed by atoms with E-state index in [9.17, 15) is 15.0 Å². The molecule has 6 nitrogen and oxygen atoms in total. The average Bonchev–Trinajstić information content (AvgIpc) is 2.50. The summed E-state index contributed by atoms with van der Waals surface area (Å²) in [5.41, 5.74) is 0.505. The number of carbonyl (C=O) groups excluding carboxylic acids is 1. The van der Waals surface area contributed by atoms with Gasteiger partial charge in [0.05, 0.1) is 6.10 Å². The molecule has 0 bridgehead atoms. The SMILES string of the molecule is CCN(C)C(C)(C)CNC(=O)NC[C@@H](O)c1ccc(O)cc1. The normalized spacial score (nSPS) is 13.0. The fourth-order valence-electron chi connectivity index (χ4n) is 1.93. The van der Waals surface area contributed by atoms with E-state index in [-0.39, 0.29) is 23.9 Å². The molecule has 0 aromatic heterocycles. The topological polar surface area (TPSA) is 84.8 Å². The molecule has 0 aliphatic carbocycles. The first-order valence-electron chi connectivity index (χ1n) is 7.46. The molecular weight excluding hydrogens is 282 g/mol. The summed E-state index contributed by atoms with van der Waals surface area (Å²) >= 11 is 0. The van der Waals surface area contributed by atoms with Crippen LogP contribution in [0.1, 0.15) is 32.4 Å². The number of carbonyl (C=O) groups is 1. The first-order valence-corrected chi connectivity index (χ1v) is 7.46. The van der Waals surface area contributed by atoms with Crippen molar-refractivity contribution < 1.29 is 15.0 Å². The van der Waals surface area contributed by atoms with Gasteiger partial charge in [0.15, 0.2) is 0 Å². The van der Waals surface area contributed by atoms with Gasteiger partial charge in [-0.15, -0.1) is 0 Å². The molecule has 1 aromatic carbocycles. The maximum absolute atomic E-state index is 11.8. The Bertz CT molecular complexity index is 474. The second kappa shape index (κ2) is 8.00. The molecule has 0 aliphatic rings. The molecule has 0 radical (unpaired) electrons. The molecule has 0 spiro atoms. The largest absolute Gasteiger partial charge is 0.508 e. The van der Waals surface area contributed by atoms with E-state index < -0.39 is 6.10 Å². The summed E-state index contributed by atoms with van der Waals surface area (Å²) < 4.78 is 0. The first-order chi connectivity index (χ1) is 10.3. The van der Waals surface area contributed by atoms with Gasteiger partial charge >= 0.3 is 6.03 Å². The standard InChI is InChI=1S/C16H27N3O3/c1-5-19(4)16(2,3)11-18-15(22)17-10-14(21)12-6-8-13(20)9-7-12/h6-9,14,20-21H,5,10-11H2,1-4H3,(H2,17,18,22)/t14-/m1/s1. The predicted octanol–water partition coefficient (Wildman–Crippen LogP) is 1.46. The lowest BCUT2D eigenvalue weighted by atomic mass is 10.0. The van der Waals surface area contributed by atoms with Gasteiger partial charge in [0.1, 0.15) is 5.75 Å². The van der Waals surface area contributed by atoms with E-state index in [1.807, 2.05) is 7.05 Å². The molecular formula is C16H27N3O3. The van der Waals surface area contributed by atoms with E-state index >= 15 is 0 Å². The number of hydrogen-bond donors (Lipinski definition) is 4. The molecule has 1 atom stereocenters. The predicted molar refractivity (Wildman–Crippen MR) is 86.9 cm³/mol. The minimum Gasteiger partial charge on any atom is -0.508 e. The molecule has 0 aliphatic heterocycles. The van der Waals surface area contributed by atoms with Gasteiger partial charge in [0.25, 0.3) is 0 Å². The summed E-state index contributed by atoms with van der Waals surface area (Å²) in [5.74, 6) is 0.143. The highest BCUT2D eigenvalue weighted by Crippen LogP contribution is 2.16. The molecule has 0 unspecified atom stereocenters. The summed E-state index contributed by atoms with van der Waals surface area (Å²) in [5, 5.41) is 24.6. The van der Waals surface area contributed by atoms with Crippen LogP contribution in [0.4, 0.5) is 4.79 Å². The van der Waals surface area contributed by atoms with Gasteiger partial charge in [-0.3, -0.25) is 4.90 Å². The van der Waals surface area contributed by atoms with Crippen molar-refractivity contribution in [1.82, 2.24) is 15.5 Å². The Hall–Kier alpha value is -1.79. The zero-order valence-electron chi connectivity index (χ0n) is 13.8. The van der Waals surface area contributed by atoms with Crippen molar-refractivity contribution in [2.24, 2.45) is 0 Å². The van der Waals surface area contributed by atoms with Crippen LogP contribution in [0.15, 0.2) is 24.3 Å². The molecule has 0 saturated heterocycles.